The lowest BCUT2D eigenvalue weighted by Gasteiger charge is -2.34. The summed E-state index contributed by atoms with van der Waals surface area (Å²) in [5.74, 6) is -1.62. The Labute approximate surface area is 208 Å². The van der Waals surface area contributed by atoms with Gasteiger partial charge < -0.3 is 10.6 Å². The molecule has 1 heterocycles. The van der Waals surface area contributed by atoms with Crippen LogP contribution < -0.4 is 15.5 Å². The summed E-state index contributed by atoms with van der Waals surface area (Å²) in [7, 11) is 0. The molecule has 0 unspecified atom stereocenters. The molecule has 0 aliphatic carbocycles. The van der Waals surface area contributed by atoms with Crippen LogP contribution in [0.25, 0.3) is 0 Å². The highest BCUT2D eigenvalue weighted by Gasteiger charge is 2.35. The van der Waals surface area contributed by atoms with Crippen molar-refractivity contribution in [3.05, 3.63) is 77.1 Å². The molecule has 3 aromatic rings. The molecule has 0 spiro atoms. The first-order valence-electron chi connectivity index (χ1n) is 11.2. The highest BCUT2D eigenvalue weighted by molar-refractivity contribution is 7.13. The van der Waals surface area contributed by atoms with Crippen molar-refractivity contribution in [2.45, 2.75) is 52.1 Å². The van der Waals surface area contributed by atoms with Crippen LogP contribution in [0.3, 0.4) is 0 Å². The number of para-hydroxylation sites is 1. The highest BCUT2D eigenvalue weighted by atomic mass is 32.1. The number of benzene rings is 2. The van der Waals surface area contributed by atoms with Gasteiger partial charge in [0.15, 0.2) is 5.13 Å². The number of carbonyl (C=O) groups is 3. The van der Waals surface area contributed by atoms with E-state index in [1.54, 1.807) is 23.7 Å². The normalized spacial score (nSPS) is 12.0. The summed E-state index contributed by atoms with van der Waals surface area (Å²) >= 11 is 1.28. The fourth-order valence-electron chi connectivity index (χ4n) is 3.56. The zero-order chi connectivity index (χ0) is 25.6. The zero-order valence-corrected chi connectivity index (χ0v) is 21.0. The number of thiazole rings is 1. The molecule has 3 amide bonds. The van der Waals surface area contributed by atoms with Crippen molar-refractivity contribution in [2.24, 2.45) is 0 Å². The van der Waals surface area contributed by atoms with Gasteiger partial charge in [-0.2, -0.15) is 0 Å². The SMILES string of the molecule is Cc1ccccc1N(C(=O)CCC(=O)Nc1nccs1)[C@@H](C(=O)NC(C)(C)C)c1ccc(F)cc1. The molecule has 2 N–H and O–H groups in total. The molecule has 0 aliphatic heterocycles. The predicted molar refractivity (Wildman–Crippen MR) is 136 cm³/mol. The van der Waals surface area contributed by atoms with Gasteiger partial charge in [0.25, 0.3) is 0 Å². The third-order valence-electron chi connectivity index (χ3n) is 5.08. The van der Waals surface area contributed by atoms with Crippen LogP contribution in [0, 0.1) is 12.7 Å². The van der Waals surface area contributed by atoms with Gasteiger partial charge in [-0.15, -0.1) is 11.3 Å². The number of aryl methyl sites for hydroxylation is 1. The Morgan fingerprint density at radius 3 is 2.34 bits per heavy atom. The van der Waals surface area contributed by atoms with E-state index in [9.17, 15) is 18.8 Å². The van der Waals surface area contributed by atoms with Gasteiger partial charge in [0.1, 0.15) is 11.9 Å². The molecule has 0 bridgehead atoms. The van der Waals surface area contributed by atoms with Crippen LogP contribution in [0.1, 0.15) is 50.8 Å². The fourth-order valence-corrected chi connectivity index (χ4v) is 4.10. The van der Waals surface area contributed by atoms with E-state index < -0.39 is 29.2 Å². The second-order valence-corrected chi connectivity index (χ2v) is 10.0. The molecule has 0 fully saturated rings. The molecular weight excluding hydrogens is 467 g/mol. The average Bonchev–Trinajstić information content (AvgIpc) is 3.29. The Morgan fingerprint density at radius 1 is 1.06 bits per heavy atom. The minimum Gasteiger partial charge on any atom is -0.349 e. The summed E-state index contributed by atoms with van der Waals surface area (Å²) in [6, 6.07) is 11.7. The third kappa shape index (κ3) is 7.19. The predicted octanol–water partition coefficient (Wildman–Crippen LogP) is 5.00. The van der Waals surface area contributed by atoms with Crippen molar-refractivity contribution in [1.29, 1.82) is 0 Å². The van der Waals surface area contributed by atoms with Crippen LogP contribution in [0.4, 0.5) is 15.2 Å². The highest BCUT2D eigenvalue weighted by Crippen LogP contribution is 2.32. The topological polar surface area (TPSA) is 91.4 Å². The smallest absolute Gasteiger partial charge is 0.248 e. The molecule has 184 valence electrons. The quantitative estimate of drug-likeness (QED) is 0.459. The average molecular weight is 497 g/mol. The largest absolute Gasteiger partial charge is 0.349 e. The summed E-state index contributed by atoms with van der Waals surface area (Å²) in [5, 5.41) is 7.79. The number of anilines is 2. The molecule has 35 heavy (non-hydrogen) atoms. The van der Waals surface area contributed by atoms with Crippen LogP contribution in [0.2, 0.25) is 0 Å². The summed E-state index contributed by atoms with van der Waals surface area (Å²) in [6.45, 7) is 7.37. The molecule has 0 saturated carbocycles. The van der Waals surface area contributed by atoms with E-state index in [1.807, 2.05) is 39.8 Å². The molecule has 3 rings (SSSR count). The lowest BCUT2D eigenvalue weighted by atomic mass is 9.99. The number of rotatable bonds is 8. The molecule has 0 radical (unpaired) electrons. The number of carbonyl (C=O) groups excluding carboxylic acids is 3. The van der Waals surface area contributed by atoms with Crippen molar-refractivity contribution >= 4 is 39.9 Å². The van der Waals surface area contributed by atoms with Crippen LogP contribution in [0.15, 0.2) is 60.1 Å². The van der Waals surface area contributed by atoms with E-state index in [0.717, 1.165) is 5.56 Å². The number of halogens is 1. The van der Waals surface area contributed by atoms with Gasteiger partial charge >= 0.3 is 0 Å². The van der Waals surface area contributed by atoms with E-state index in [-0.39, 0.29) is 18.7 Å². The van der Waals surface area contributed by atoms with Crippen LogP contribution >= 0.6 is 11.3 Å². The van der Waals surface area contributed by atoms with Gasteiger partial charge in [0.2, 0.25) is 17.7 Å². The molecule has 7 nitrogen and oxygen atoms in total. The second-order valence-electron chi connectivity index (χ2n) is 9.13. The van der Waals surface area contributed by atoms with Gasteiger partial charge in [-0.05, 0) is 57.0 Å². The van der Waals surface area contributed by atoms with Crippen molar-refractivity contribution in [1.82, 2.24) is 10.3 Å². The first-order valence-corrected chi connectivity index (χ1v) is 12.1. The van der Waals surface area contributed by atoms with Gasteiger partial charge in [0.05, 0.1) is 0 Å². The maximum Gasteiger partial charge on any atom is 0.248 e. The van der Waals surface area contributed by atoms with Crippen molar-refractivity contribution in [2.75, 3.05) is 10.2 Å². The van der Waals surface area contributed by atoms with Crippen LogP contribution in [0.5, 0.6) is 0 Å². The van der Waals surface area contributed by atoms with E-state index in [1.165, 1.54) is 40.5 Å². The monoisotopic (exact) mass is 496 g/mol. The molecule has 9 heteroatoms. The lowest BCUT2D eigenvalue weighted by Crippen LogP contribution is -2.49. The summed E-state index contributed by atoms with van der Waals surface area (Å²) < 4.78 is 13.7. The summed E-state index contributed by atoms with van der Waals surface area (Å²) in [6.07, 6.45) is 1.36. The van der Waals surface area contributed by atoms with E-state index in [0.29, 0.717) is 16.4 Å². The molecule has 1 atom stereocenters. The standard InChI is InChI=1S/C26H29FN4O3S/c1-17-7-5-6-8-20(17)31(22(33)14-13-21(32)29-25-28-15-16-35-25)23(24(34)30-26(2,3)4)18-9-11-19(27)12-10-18/h5-12,15-16,23H,13-14H2,1-4H3,(H,30,34)(H,28,29,32)/t23-/m1/s1. The lowest BCUT2D eigenvalue weighted by molar-refractivity contribution is -0.128. The molecular formula is C26H29FN4O3S. The third-order valence-corrected chi connectivity index (χ3v) is 5.77. The molecule has 0 aliphatic rings. The number of amides is 3. The molecule has 2 aromatic carbocycles. The van der Waals surface area contributed by atoms with Crippen LogP contribution in [-0.4, -0.2) is 28.2 Å². The second kappa shape index (κ2) is 11.2. The van der Waals surface area contributed by atoms with Crippen molar-refractivity contribution in [3.63, 3.8) is 0 Å². The maximum atomic E-state index is 13.7. The number of hydrogen-bond donors (Lipinski definition) is 2. The van der Waals surface area contributed by atoms with Crippen LogP contribution in [-0.2, 0) is 14.4 Å². The number of hydrogen-bond acceptors (Lipinski definition) is 5. The van der Waals surface area contributed by atoms with Gasteiger partial charge in [-0.3, -0.25) is 19.3 Å². The first kappa shape index (κ1) is 26.0. The minimum absolute atomic E-state index is 0.0855. The van der Waals surface area contributed by atoms with E-state index >= 15 is 0 Å². The van der Waals surface area contributed by atoms with Crippen molar-refractivity contribution < 1.29 is 18.8 Å². The van der Waals surface area contributed by atoms with Gasteiger partial charge in [-0.25, -0.2) is 9.37 Å². The van der Waals surface area contributed by atoms with E-state index in [4.69, 9.17) is 0 Å². The number of nitrogens with one attached hydrogen (secondary N) is 2. The van der Waals surface area contributed by atoms with E-state index in [2.05, 4.69) is 15.6 Å². The Kier molecular flexibility index (Phi) is 8.34. The fraction of sp³-hybridized carbons (Fsp3) is 0.308. The van der Waals surface area contributed by atoms with Gasteiger partial charge in [-0.1, -0.05) is 30.3 Å². The Morgan fingerprint density at radius 2 is 1.74 bits per heavy atom. The van der Waals surface area contributed by atoms with Gasteiger partial charge in [0, 0.05) is 35.6 Å². The number of nitrogens with zero attached hydrogens (tertiary/aromatic N) is 2. The number of aromatic nitrogens is 1. The minimum atomic E-state index is -1.06. The molecule has 0 saturated heterocycles. The summed E-state index contributed by atoms with van der Waals surface area (Å²) in [5.41, 5.74) is 1.21. The van der Waals surface area contributed by atoms with Crippen molar-refractivity contribution in [3.8, 4) is 0 Å². The Balaban J connectivity index is 1.97. The molecule has 1 aromatic heterocycles. The first-order chi connectivity index (χ1) is 16.5. The Hall–Kier alpha value is -3.59. The Bertz CT molecular complexity index is 1170. The zero-order valence-electron chi connectivity index (χ0n) is 20.2. The maximum absolute atomic E-state index is 13.7. The summed E-state index contributed by atoms with van der Waals surface area (Å²) in [4.78, 5) is 45.0.